The van der Waals surface area contributed by atoms with Crippen LogP contribution in [0.4, 0.5) is 5.69 Å². The van der Waals surface area contributed by atoms with Crippen molar-refractivity contribution in [1.82, 2.24) is 0 Å². The third-order valence-corrected chi connectivity index (χ3v) is 2.89. The zero-order valence-corrected chi connectivity index (χ0v) is 9.27. The van der Waals surface area contributed by atoms with Gasteiger partial charge in [-0.05, 0) is 24.3 Å². The van der Waals surface area contributed by atoms with E-state index in [0.29, 0.717) is 0 Å². The first-order chi connectivity index (χ1) is 7.09. The second kappa shape index (κ2) is 3.66. The molecule has 0 aliphatic carbocycles. The fourth-order valence-electron chi connectivity index (χ4n) is 1.46. The molecule has 0 spiro atoms. The monoisotopic (exact) mass is 269 g/mol. The molecule has 0 unspecified atom stereocenters. The summed E-state index contributed by atoms with van der Waals surface area (Å²) in [7, 11) is 0. The third kappa shape index (κ3) is 1.74. The molecular weight excluding hydrogens is 262 g/mol. The number of benzene rings is 1. The zero-order valence-electron chi connectivity index (χ0n) is 7.68. The summed E-state index contributed by atoms with van der Waals surface area (Å²) in [6, 6.07) is 7.19. The summed E-state index contributed by atoms with van der Waals surface area (Å²) in [5.41, 5.74) is 0.737. The van der Waals surface area contributed by atoms with Gasteiger partial charge in [0.25, 0.3) is 0 Å². The molecule has 1 atom stereocenters. The zero-order chi connectivity index (χ0) is 11.0. The van der Waals surface area contributed by atoms with Gasteiger partial charge in [0.2, 0.25) is 5.91 Å². The van der Waals surface area contributed by atoms with Crippen LogP contribution in [0.5, 0.6) is 0 Å². The first kappa shape index (κ1) is 10.2. The molecule has 0 saturated carbocycles. The van der Waals surface area contributed by atoms with Gasteiger partial charge in [-0.2, -0.15) is 0 Å². The SMILES string of the molecule is O=C(O)[C@H]1CN(c2ccc(Br)cc2)C1=O. The Balaban J connectivity index is 2.13. The van der Waals surface area contributed by atoms with Crippen LogP contribution in [0, 0.1) is 5.92 Å². The van der Waals surface area contributed by atoms with Gasteiger partial charge in [-0.1, -0.05) is 15.9 Å². The van der Waals surface area contributed by atoms with Crippen molar-refractivity contribution >= 4 is 33.5 Å². The summed E-state index contributed by atoms with van der Waals surface area (Å²) in [6.45, 7) is 0.260. The van der Waals surface area contributed by atoms with Crippen molar-refractivity contribution in [3.05, 3.63) is 28.7 Å². The number of rotatable bonds is 2. The number of carboxylic acids is 1. The second-order valence-electron chi connectivity index (χ2n) is 3.32. The number of carboxylic acid groups (broad SMARTS) is 1. The van der Waals surface area contributed by atoms with Gasteiger partial charge in [0.1, 0.15) is 0 Å². The van der Waals surface area contributed by atoms with Crippen molar-refractivity contribution in [2.75, 3.05) is 11.4 Å². The molecule has 1 N–H and O–H groups in total. The lowest BCUT2D eigenvalue weighted by Crippen LogP contribution is -2.56. The number of carbonyl (C=O) groups excluding carboxylic acids is 1. The van der Waals surface area contributed by atoms with E-state index in [0.717, 1.165) is 10.2 Å². The maximum atomic E-state index is 11.4. The molecule has 0 bridgehead atoms. The van der Waals surface area contributed by atoms with Gasteiger partial charge in [0.15, 0.2) is 5.92 Å². The van der Waals surface area contributed by atoms with Gasteiger partial charge < -0.3 is 10.0 Å². The smallest absolute Gasteiger partial charge is 0.317 e. The molecule has 1 saturated heterocycles. The van der Waals surface area contributed by atoms with Crippen LogP contribution < -0.4 is 4.90 Å². The molecule has 1 aromatic rings. The molecule has 15 heavy (non-hydrogen) atoms. The Morgan fingerprint density at radius 1 is 1.40 bits per heavy atom. The van der Waals surface area contributed by atoms with Gasteiger partial charge in [-0.15, -0.1) is 0 Å². The topological polar surface area (TPSA) is 57.6 Å². The van der Waals surface area contributed by atoms with Gasteiger partial charge in [-0.25, -0.2) is 0 Å². The number of β-lactam (4-membered cyclic amide) rings is 1. The van der Waals surface area contributed by atoms with Crippen LogP contribution in [0.3, 0.4) is 0 Å². The molecule has 1 aromatic carbocycles. The highest BCUT2D eigenvalue weighted by Crippen LogP contribution is 2.27. The number of nitrogens with zero attached hydrogens (tertiary/aromatic N) is 1. The second-order valence-corrected chi connectivity index (χ2v) is 4.23. The Morgan fingerprint density at radius 3 is 2.47 bits per heavy atom. The number of carbonyl (C=O) groups is 2. The van der Waals surface area contributed by atoms with Crippen LogP contribution in [-0.2, 0) is 9.59 Å². The molecule has 2 rings (SSSR count). The number of aliphatic carboxylic acids is 1. The predicted molar refractivity (Wildman–Crippen MR) is 57.6 cm³/mol. The van der Waals surface area contributed by atoms with Crippen LogP contribution in [0.2, 0.25) is 0 Å². The lowest BCUT2D eigenvalue weighted by molar-refractivity contribution is -0.149. The molecule has 0 aromatic heterocycles. The maximum Gasteiger partial charge on any atom is 0.317 e. The van der Waals surface area contributed by atoms with Crippen molar-refractivity contribution in [2.24, 2.45) is 5.92 Å². The first-order valence-corrected chi connectivity index (χ1v) is 5.18. The minimum atomic E-state index is -1.05. The predicted octanol–water partition coefficient (Wildman–Crippen LogP) is 1.50. The Labute approximate surface area is 94.6 Å². The molecule has 1 aliphatic heterocycles. The lowest BCUT2D eigenvalue weighted by Gasteiger charge is -2.35. The fraction of sp³-hybridized carbons (Fsp3) is 0.200. The van der Waals surface area contributed by atoms with E-state index < -0.39 is 11.9 Å². The van der Waals surface area contributed by atoms with E-state index in [1.165, 1.54) is 4.90 Å². The van der Waals surface area contributed by atoms with E-state index >= 15 is 0 Å². The Hall–Kier alpha value is -1.36. The molecule has 1 amide bonds. The maximum absolute atomic E-state index is 11.4. The van der Waals surface area contributed by atoms with Crippen molar-refractivity contribution < 1.29 is 14.7 Å². The normalized spacial score (nSPS) is 19.9. The summed E-state index contributed by atoms with van der Waals surface area (Å²) in [5.74, 6) is -2.26. The molecule has 1 aliphatic rings. The molecule has 5 heteroatoms. The fourth-order valence-corrected chi connectivity index (χ4v) is 1.73. The number of anilines is 1. The third-order valence-electron chi connectivity index (χ3n) is 2.37. The minimum absolute atomic E-state index is 0.260. The largest absolute Gasteiger partial charge is 0.481 e. The average molecular weight is 270 g/mol. The van der Waals surface area contributed by atoms with Gasteiger partial charge >= 0.3 is 5.97 Å². The minimum Gasteiger partial charge on any atom is -0.481 e. The summed E-state index contributed by atoms with van der Waals surface area (Å²) in [5, 5.41) is 8.66. The highest BCUT2D eigenvalue weighted by molar-refractivity contribution is 9.10. The van der Waals surface area contributed by atoms with Crippen LogP contribution in [0.25, 0.3) is 0 Å². The first-order valence-electron chi connectivity index (χ1n) is 4.39. The Bertz CT molecular complexity index is 415. The van der Waals surface area contributed by atoms with Gasteiger partial charge in [-0.3, -0.25) is 9.59 Å². The molecule has 78 valence electrons. The molecule has 4 nitrogen and oxygen atoms in total. The highest BCUT2D eigenvalue weighted by Gasteiger charge is 2.42. The van der Waals surface area contributed by atoms with Gasteiger partial charge in [0.05, 0.1) is 0 Å². The van der Waals surface area contributed by atoms with Crippen molar-refractivity contribution in [3.63, 3.8) is 0 Å². The van der Waals surface area contributed by atoms with Crippen molar-refractivity contribution in [3.8, 4) is 0 Å². The average Bonchev–Trinajstić information content (AvgIpc) is 2.18. The van der Waals surface area contributed by atoms with Crippen LogP contribution in [-0.4, -0.2) is 23.5 Å². The summed E-state index contributed by atoms with van der Waals surface area (Å²) < 4.78 is 0.925. The van der Waals surface area contributed by atoms with Crippen LogP contribution in [0.15, 0.2) is 28.7 Å². The van der Waals surface area contributed by atoms with Gasteiger partial charge in [0, 0.05) is 16.7 Å². The molecule has 0 radical (unpaired) electrons. The number of hydrogen-bond acceptors (Lipinski definition) is 2. The van der Waals surface area contributed by atoms with E-state index in [2.05, 4.69) is 15.9 Å². The lowest BCUT2D eigenvalue weighted by atomic mass is 9.98. The molecule has 1 heterocycles. The van der Waals surface area contributed by atoms with E-state index in [1.807, 2.05) is 12.1 Å². The summed E-state index contributed by atoms with van der Waals surface area (Å²) in [6.07, 6.45) is 0. The number of halogens is 1. The Morgan fingerprint density at radius 2 is 2.00 bits per heavy atom. The van der Waals surface area contributed by atoms with E-state index in [4.69, 9.17) is 5.11 Å². The summed E-state index contributed by atoms with van der Waals surface area (Å²) in [4.78, 5) is 23.5. The molecular formula is C10H8BrNO3. The molecule has 1 fully saturated rings. The van der Waals surface area contributed by atoms with Crippen molar-refractivity contribution in [1.29, 1.82) is 0 Å². The van der Waals surface area contributed by atoms with Crippen molar-refractivity contribution in [2.45, 2.75) is 0 Å². The standard InChI is InChI=1S/C10H8BrNO3/c11-6-1-3-7(4-2-6)12-5-8(9(12)13)10(14)15/h1-4,8H,5H2,(H,14,15)/t8-/m0/s1. The van der Waals surface area contributed by atoms with Crippen LogP contribution in [0.1, 0.15) is 0 Å². The summed E-state index contributed by atoms with van der Waals surface area (Å²) >= 11 is 3.29. The van der Waals surface area contributed by atoms with E-state index in [1.54, 1.807) is 12.1 Å². The highest BCUT2D eigenvalue weighted by atomic mass is 79.9. The number of hydrogen-bond donors (Lipinski definition) is 1. The quantitative estimate of drug-likeness (QED) is 0.654. The van der Waals surface area contributed by atoms with E-state index in [-0.39, 0.29) is 12.5 Å². The van der Waals surface area contributed by atoms with E-state index in [9.17, 15) is 9.59 Å². The Kier molecular flexibility index (Phi) is 2.48. The van der Waals surface area contributed by atoms with Crippen LogP contribution >= 0.6 is 15.9 Å². The number of amides is 1.